The van der Waals surface area contributed by atoms with Gasteiger partial charge in [0.25, 0.3) is 0 Å². The Bertz CT molecular complexity index is 942. The molecule has 5 fully saturated rings. The van der Waals surface area contributed by atoms with E-state index in [4.69, 9.17) is 28.4 Å². The van der Waals surface area contributed by atoms with Gasteiger partial charge in [0.2, 0.25) is 0 Å². The first-order valence-electron chi connectivity index (χ1n) is 13.7. The van der Waals surface area contributed by atoms with E-state index in [9.17, 15) is 9.59 Å². The second-order valence-corrected chi connectivity index (χ2v) is 12.4. The first-order chi connectivity index (χ1) is 17.2. The molecule has 2 heterocycles. The van der Waals surface area contributed by atoms with Crippen LogP contribution in [0, 0.1) is 40.4 Å². The summed E-state index contributed by atoms with van der Waals surface area (Å²) in [6.45, 7) is 9.84. The van der Waals surface area contributed by atoms with E-state index in [2.05, 4.69) is 26.8 Å². The van der Waals surface area contributed by atoms with Crippen LogP contribution in [0.1, 0.15) is 59.8 Å². The molecule has 4 unspecified atom stereocenters. The molecule has 11 atom stereocenters. The zero-order valence-corrected chi connectivity index (χ0v) is 22.1. The summed E-state index contributed by atoms with van der Waals surface area (Å²) in [5.74, 6) is 1.45. The number of carbonyl (C=O) groups excluding carboxylic acids is 2. The van der Waals surface area contributed by atoms with Crippen molar-refractivity contribution in [2.75, 3.05) is 20.3 Å². The third-order valence-corrected chi connectivity index (χ3v) is 10.9. The summed E-state index contributed by atoms with van der Waals surface area (Å²) in [6, 6.07) is 0. The Labute approximate surface area is 213 Å². The van der Waals surface area contributed by atoms with Crippen molar-refractivity contribution in [2.24, 2.45) is 40.4 Å². The predicted molar refractivity (Wildman–Crippen MR) is 128 cm³/mol. The first kappa shape index (κ1) is 24.7. The van der Waals surface area contributed by atoms with Crippen molar-refractivity contribution in [3.63, 3.8) is 0 Å². The van der Waals surface area contributed by atoms with Crippen molar-refractivity contribution in [2.45, 2.75) is 90.5 Å². The highest BCUT2D eigenvalue weighted by Crippen LogP contribution is 2.69. The van der Waals surface area contributed by atoms with Gasteiger partial charge in [-0.15, -0.1) is 0 Å². The number of carbonyl (C=O) groups is 2. The number of methoxy groups -OCH3 is 1. The number of hydrogen-bond acceptors (Lipinski definition) is 8. The minimum Gasteiger partial charge on any atom is -0.459 e. The van der Waals surface area contributed by atoms with Gasteiger partial charge in [-0.1, -0.05) is 26.3 Å². The van der Waals surface area contributed by atoms with Gasteiger partial charge in [-0.3, -0.25) is 4.79 Å². The molecule has 0 bridgehead atoms. The van der Waals surface area contributed by atoms with Gasteiger partial charge < -0.3 is 28.4 Å². The van der Waals surface area contributed by atoms with E-state index in [1.165, 1.54) is 19.6 Å². The molecule has 6 rings (SSSR count). The van der Waals surface area contributed by atoms with Crippen LogP contribution in [0.4, 0.5) is 4.79 Å². The van der Waals surface area contributed by atoms with Crippen molar-refractivity contribution < 1.29 is 38.0 Å². The summed E-state index contributed by atoms with van der Waals surface area (Å²) in [5.41, 5.74) is 1.17. The second-order valence-electron chi connectivity index (χ2n) is 12.4. The minimum atomic E-state index is -0.643. The molecule has 200 valence electrons. The SMILES string of the molecule is COC(=O)O[C@@H]1C=C2C[C@@H](OC(C)=O)[C@@H]3O[C@@H]3[C@]2(C)C2CC[C@@]3(C)C(CC[C@@H]3C(C)C3OCCO3)C21. The standard InChI is InChI=1S/C28H40O8/c1-14(25-32-10-11-33-25)17-6-7-18-22-19(8-9-27(17,18)3)28(4)16(12-20(22)35-26(30)31-5)13-21(34-15(2)29)23-24(28)36-23/h12,14,17-25H,6-11,13H2,1-5H3/t14?,17-,18?,19?,20-,21-,22?,23+,24+,27-,28+/m1/s1. The lowest BCUT2D eigenvalue weighted by Gasteiger charge is -2.59. The summed E-state index contributed by atoms with van der Waals surface area (Å²) < 4.78 is 34.6. The van der Waals surface area contributed by atoms with Crippen LogP contribution in [-0.2, 0) is 33.2 Å². The molecular weight excluding hydrogens is 464 g/mol. The monoisotopic (exact) mass is 504 g/mol. The summed E-state index contributed by atoms with van der Waals surface area (Å²) in [6.07, 6.45) is 5.76. The van der Waals surface area contributed by atoms with Crippen LogP contribution in [0.2, 0.25) is 0 Å². The second kappa shape index (κ2) is 8.70. The average molecular weight is 505 g/mol. The molecule has 0 amide bonds. The van der Waals surface area contributed by atoms with Crippen LogP contribution < -0.4 is 0 Å². The predicted octanol–water partition coefficient (Wildman–Crippen LogP) is 4.25. The maximum absolute atomic E-state index is 12.4. The maximum Gasteiger partial charge on any atom is 0.508 e. The number of rotatable bonds is 4. The van der Waals surface area contributed by atoms with Crippen LogP contribution >= 0.6 is 0 Å². The fraction of sp³-hybridized carbons (Fsp3) is 0.857. The van der Waals surface area contributed by atoms with Crippen LogP contribution in [0.5, 0.6) is 0 Å². The van der Waals surface area contributed by atoms with Crippen molar-refractivity contribution in [3.8, 4) is 0 Å². The molecule has 8 heteroatoms. The molecule has 4 aliphatic carbocycles. The number of epoxide rings is 1. The molecule has 3 saturated carbocycles. The Hall–Kier alpha value is -1.64. The first-order valence-corrected chi connectivity index (χ1v) is 13.7. The average Bonchev–Trinajstić information content (AvgIpc) is 3.32. The molecule has 0 aromatic heterocycles. The fourth-order valence-corrected chi connectivity index (χ4v) is 9.35. The van der Waals surface area contributed by atoms with Gasteiger partial charge in [0.15, 0.2) is 6.29 Å². The zero-order valence-electron chi connectivity index (χ0n) is 22.1. The molecule has 2 saturated heterocycles. The largest absolute Gasteiger partial charge is 0.508 e. The van der Waals surface area contributed by atoms with E-state index in [0.717, 1.165) is 25.7 Å². The van der Waals surface area contributed by atoms with Crippen molar-refractivity contribution >= 4 is 12.1 Å². The van der Waals surface area contributed by atoms with Crippen molar-refractivity contribution in [1.29, 1.82) is 0 Å². The van der Waals surface area contributed by atoms with Crippen LogP contribution in [-0.4, -0.2) is 63.2 Å². The lowest BCUT2D eigenvalue weighted by Crippen LogP contribution is -2.58. The molecule has 0 aromatic carbocycles. The highest BCUT2D eigenvalue weighted by Gasteiger charge is 2.70. The zero-order chi connectivity index (χ0) is 25.4. The Kier molecular flexibility index (Phi) is 5.97. The quantitative estimate of drug-likeness (QED) is 0.319. The van der Waals surface area contributed by atoms with E-state index in [1.807, 2.05) is 0 Å². The molecular formula is C28H40O8. The van der Waals surface area contributed by atoms with Crippen LogP contribution in [0.15, 0.2) is 11.6 Å². The third kappa shape index (κ3) is 3.57. The normalized spacial score (nSPS) is 48.0. The fourth-order valence-electron chi connectivity index (χ4n) is 9.35. The van der Waals surface area contributed by atoms with E-state index >= 15 is 0 Å². The highest BCUT2D eigenvalue weighted by molar-refractivity contribution is 5.66. The Morgan fingerprint density at radius 2 is 1.83 bits per heavy atom. The maximum atomic E-state index is 12.4. The Balaban J connectivity index is 1.34. The number of ether oxygens (including phenoxy) is 6. The highest BCUT2D eigenvalue weighted by atomic mass is 16.7. The molecule has 36 heavy (non-hydrogen) atoms. The molecule has 8 nitrogen and oxygen atoms in total. The van der Waals surface area contributed by atoms with E-state index in [-0.39, 0.29) is 53.4 Å². The van der Waals surface area contributed by atoms with E-state index in [1.54, 1.807) is 0 Å². The molecule has 2 aliphatic heterocycles. The smallest absolute Gasteiger partial charge is 0.459 e. The summed E-state index contributed by atoms with van der Waals surface area (Å²) in [5, 5.41) is 0. The van der Waals surface area contributed by atoms with Crippen molar-refractivity contribution in [3.05, 3.63) is 11.6 Å². The van der Waals surface area contributed by atoms with Gasteiger partial charge in [-0.25, -0.2) is 4.79 Å². The van der Waals surface area contributed by atoms with Gasteiger partial charge >= 0.3 is 12.1 Å². The van der Waals surface area contributed by atoms with Crippen LogP contribution in [0.25, 0.3) is 0 Å². The topological polar surface area (TPSA) is 92.8 Å². The van der Waals surface area contributed by atoms with E-state index < -0.39 is 6.16 Å². The minimum absolute atomic E-state index is 0.0363. The Morgan fingerprint density at radius 3 is 2.53 bits per heavy atom. The number of fused-ring (bicyclic) bond motifs is 7. The third-order valence-electron chi connectivity index (χ3n) is 10.9. The molecule has 0 aromatic rings. The van der Waals surface area contributed by atoms with Gasteiger partial charge in [0.05, 0.1) is 26.4 Å². The van der Waals surface area contributed by atoms with Gasteiger partial charge in [0, 0.05) is 30.6 Å². The van der Waals surface area contributed by atoms with Crippen LogP contribution in [0.3, 0.4) is 0 Å². The van der Waals surface area contributed by atoms with Gasteiger partial charge in [-0.05, 0) is 54.9 Å². The van der Waals surface area contributed by atoms with Crippen molar-refractivity contribution in [1.82, 2.24) is 0 Å². The summed E-state index contributed by atoms with van der Waals surface area (Å²) >= 11 is 0. The van der Waals surface area contributed by atoms with E-state index in [0.29, 0.717) is 43.3 Å². The summed E-state index contributed by atoms with van der Waals surface area (Å²) in [4.78, 5) is 24.1. The van der Waals surface area contributed by atoms with Gasteiger partial charge in [-0.2, -0.15) is 0 Å². The number of esters is 1. The molecule has 0 spiro atoms. The molecule has 0 N–H and O–H groups in total. The molecule has 6 aliphatic rings. The summed E-state index contributed by atoms with van der Waals surface area (Å²) in [7, 11) is 1.36. The Morgan fingerprint density at radius 1 is 1.08 bits per heavy atom. The lowest BCUT2D eigenvalue weighted by atomic mass is 9.46. The molecule has 0 radical (unpaired) electrons. The lowest BCUT2D eigenvalue weighted by molar-refractivity contribution is -0.149. The number of hydrogen-bond donors (Lipinski definition) is 0. The van der Waals surface area contributed by atoms with Gasteiger partial charge in [0.1, 0.15) is 18.3 Å².